The van der Waals surface area contributed by atoms with Crippen LogP contribution in [0.3, 0.4) is 0 Å². The standard InChI is InChI=1S/C11H19F3N2O2/c1-8(16-3-4-18-7-9(16)2)6-15-10(17)5-11(12,13)14/h8-9H,3-7H2,1-2H3,(H,15,17)/t8-,9+/m1/s1. The number of ether oxygens (including phenoxy) is 1. The van der Waals surface area contributed by atoms with Crippen LogP contribution in [-0.2, 0) is 9.53 Å². The molecule has 1 N–H and O–H groups in total. The van der Waals surface area contributed by atoms with Gasteiger partial charge in [0.2, 0.25) is 5.91 Å². The number of amides is 1. The largest absolute Gasteiger partial charge is 0.397 e. The first kappa shape index (κ1) is 15.2. The summed E-state index contributed by atoms with van der Waals surface area (Å²) < 4.78 is 41.2. The molecular formula is C11H19F3N2O2. The van der Waals surface area contributed by atoms with E-state index in [0.29, 0.717) is 13.2 Å². The summed E-state index contributed by atoms with van der Waals surface area (Å²) in [6.45, 7) is 6.06. The van der Waals surface area contributed by atoms with Gasteiger partial charge in [0, 0.05) is 25.2 Å². The Labute approximate surface area is 104 Å². The number of carbonyl (C=O) groups is 1. The fourth-order valence-electron chi connectivity index (χ4n) is 2.02. The van der Waals surface area contributed by atoms with Crippen molar-refractivity contribution in [2.24, 2.45) is 0 Å². The molecule has 106 valence electrons. The first-order chi connectivity index (χ1) is 8.29. The smallest absolute Gasteiger partial charge is 0.379 e. The van der Waals surface area contributed by atoms with Crippen LogP contribution in [0.1, 0.15) is 20.3 Å². The number of rotatable bonds is 4. The van der Waals surface area contributed by atoms with Gasteiger partial charge in [-0.15, -0.1) is 0 Å². The van der Waals surface area contributed by atoms with Crippen LogP contribution in [0.4, 0.5) is 13.2 Å². The van der Waals surface area contributed by atoms with E-state index in [1.54, 1.807) is 0 Å². The molecule has 0 aromatic heterocycles. The van der Waals surface area contributed by atoms with Crippen molar-refractivity contribution in [3.05, 3.63) is 0 Å². The molecule has 1 aliphatic rings. The van der Waals surface area contributed by atoms with Crippen LogP contribution in [0.25, 0.3) is 0 Å². The van der Waals surface area contributed by atoms with Gasteiger partial charge in [-0.05, 0) is 13.8 Å². The molecule has 0 spiro atoms. The highest BCUT2D eigenvalue weighted by Gasteiger charge is 2.31. The van der Waals surface area contributed by atoms with E-state index in [2.05, 4.69) is 10.2 Å². The van der Waals surface area contributed by atoms with Crippen molar-refractivity contribution in [1.82, 2.24) is 10.2 Å². The lowest BCUT2D eigenvalue weighted by Crippen LogP contribution is -2.52. The minimum Gasteiger partial charge on any atom is -0.379 e. The highest BCUT2D eigenvalue weighted by molar-refractivity contribution is 5.76. The van der Waals surface area contributed by atoms with E-state index in [-0.39, 0.29) is 18.6 Å². The molecule has 1 rings (SSSR count). The molecule has 0 saturated carbocycles. The minimum absolute atomic E-state index is 0.00100. The van der Waals surface area contributed by atoms with Gasteiger partial charge in [-0.2, -0.15) is 13.2 Å². The maximum absolute atomic E-state index is 12.0. The van der Waals surface area contributed by atoms with E-state index >= 15 is 0 Å². The zero-order chi connectivity index (χ0) is 13.8. The van der Waals surface area contributed by atoms with Crippen LogP contribution in [0.5, 0.6) is 0 Å². The molecule has 1 fully saturated rings. The molecule has 1 heterocycles. The predicted octanol–water partition coefficient (Wildman–Crippen LogP) is 1.16. The molecule has 0 aliphatic carbocycles. The number of carbonyl (C=O) groups excluding carboxylic acids is 1. The van der Waals surface area contributed by atoms with Crippen LogP contribution >= 0.6 is 0 Å². The van der Waals surface area contributed by atoms with E-state index in [1.807, 2.05) is 13.8 Å². The summed E-state index contributed by atoms with van der Waals surface area (Å²) in [5.74, 6) is -0.977. The number of morpholine rings is 1. The van der Waals surface area contributed by atoms with Crippen molar-refractivity contribution in [3.8, 4) is 0 Å². The van der Waals surface area contributed by atoms with Crippen LogP contribution in [0.15, 0.2) is 0 Å². The first-order valence-corrected chi connectivity index (χ1v) is 5.96. The fraction of sp³-hybridized carbons (Fsp3) is 0.909. The average molecular weight is 268 g/mol. The highest BCUT2D eigenvalue weighted by atomic mass is 19.4. The predicted molar refractivity (Wildman–Crippen MR) is 60.1 cm³/mol. The Morgan fingerprint density at radius 1 is 1.56 bits per heavy atom. The Bertz CT molecular complexity index is 284. The second-order valence-electron chi connectivity index (χ2n) is 4.61. The monoisotopic (exact) mass is 268 g/mol. The fourth-order valence-corrected chi connectivity index (χ4v) is 2.02. The van der Waals surface area contributed by atoms with Crippen molar-refractivity contribution in [1.29, 1.82) is 0 Å². The SMILES string of the molecule is C[C@H](CNC(=O)CC(F)(F)F)N1CCOC[C@@H]1C. The summed E-state index contributed by atoms with van der Waals surface area (Å²) in [5.41, 5.74) is 0. The van der Waals surface area contributed by atoms with Gasteiger partial charge in [0.1, 0.15) is 6.42 Å². The van der Waals surface area contributed by atoms with Crippen LogP contribution < -0.4 is 5.32 Å². The molecule has 1 amide bonds. The summed E-state index contributed by atoms with van der Waals surface area (Å²) in [6, 6.07) is 0.217. The maximum atomic E-state index is 12.0. The Kier molecular flexibility index (Phi) is 5.40. The van der Waals surface area contributed by atoms with E-state index in [9.17, 15) is 18.0 Å². The molecule has 0 radical (unpaired) electrons. The molecule has 0 aromatic rings. The number of halogens is 3. The number of nitrogens with zero attached hydrogens (tertiary/aromatic N) is 1. The molecule has 0 unspecified atom stereocenters. The third-order valence-corrected chi connectivity index (χ3v) is 2.94. The van der Waals surface area contributed by atoms with Gasteiger partial charge >= 0.3 is 6.18 Å². The Balaban J connectivity index is 2.31. The van der Waals surface area contributed by atoms with Gasteiger partial charge in [-0.3, -0.25) is 9.69 Å². The van der Waals surface area contributed by atoms with Gasteiger partial charge in [0.05, 0.1) is 13.2 Å². The molecule has 2 atom stereocenters. The molecule has 7 heteroatoms. The number of nitrogens with one attached hydrogen (secondary N) is 1. The number of hydrogen-bond acceptors (Lipinski definition) is 3. The molecule has 18 heavy (non-hydrogen) atoms. The zero-order valence-corrected chi connectivity index (χ0v) is 10.6. The normalized spacial score (nSPS) is 23.7. The minimum atomic E-state index is -4.44. The molecule has 0 aromatic carbocycles. The first-order valence-electron chi connectivity index (χ1n) is 5.96. The third kappa shape index (κ3) is 5.22. The molecule has 1 aliphatic heterocycles. The van der Waals surface area contributed by atoms with Crippen molar-refractivity contribution in [2.75, 3.05) is 26.3 Å². The second kappa shape index (κ2) is 6.38. The lowest BCUT2D eigenvalue weighted by Gasteiger charge is -2.37. The zero-order valence-electron chi connectivity index (χ0n) is 10.6. The summed E-state index contributed by atoms with van der Waals surface area (Å²) >= 11 is 0. The molecular weight excluding hydrogens is 249 g/mol. The van der Waals surface area contributed by atoms with Crippen LogP contribution in [0.2, 0.25) is 0 Å². The van der Waals surface area contributed by atoms with Crippen molar-refractivity contribution < 1.29 is 22.7 Å². The number of alkyl halides is 3. The lowest BCUT2D eigenvalue weighted by atomic mass is 10.2. The van der Waals surface area contributed by atoms with E-state index < -0.39 is 18.5 Å². The summed E-state index contributed by atoms with van der Waals surface area (Å²) in [5, 5.41) is 2.32. The van der Waals surface area contributed by atoms with Gasteiger partial charge in [-0.25, -0.2) is 0 Å². The Morgan fingerprint density at radius 3 is 2.78 bits per heavy atom. The highest BCUT2D eigenvalue weighted by Crippen LogP contribution is 2.19. The Hall–Kier alpha value is -0.820. The lowest BCUT2D eigenvalue weighted by molar-refractivity contribution is -0.154. The van der Waals surface area contributed by atoms with Gasteiger partial charge in [0.25, 0.3) is 0 Å². The van der Waals surface area contributed by atoms with E-state index in [4.69, 9.17) is 4.74 Å². The summed E-state index contributed by atoms with van der Waals surface area (Å²) in [4.78, 5) is 13.2. The third-order valence-electron chi connectivity index (χ3n) is 2.94. The van der Waals surface area contributed by atoms with Crippen molar-refractivity contribution in [2.45, 2.75) is 38.5 Å². The quantitative estimate of drug-likeness (QED) is 0.832. The maximum Gasteiger partial charge on any atom is 0.397 e. The molecule has 0 bridgehead atoms. The second-order valence-corrected chi connectivity index (χ2v) is 4.61. The Morgan fingerprint density at radius 2 is 2.22 bits per heavy atom. The summed E-state index contributed by atoms with van der Waals surface area (Å²) in [6.07, 6.45) is -5.86. The van der Waals surface area contributed by atoms with Gasteiger partial charge in [0.15, 0.2) is 0 Å². The molecule has 4 nitrogen and oxygen atoms in total. The van der Waals surface area contributed by atoms with E-state index in [1.165, 1.54) is 0 Å². The topological polar surface area (TPSA) is 41.6 Å². The van der Waals surface area contributed by atoms with Crippen molar-refractivity contribution >= 4 is 5.91 Å². The van der Waals surface area contributed by atoms with E-state index in [0.717, 1.165) is 6.54 Å². The summed E-state index contributed by atoms with van der Waals surface area (Å²) in [7, 11) is 0. The van der Waals surface area contributed by atoms with Gasteiger partial charge < -0.3 is 10.1 Å². The molecule has 1 saturated heterocycles. The average Bonchev–Trinajstić information content (AvgIpc) is 2.24. The number of hydrogen-bond donors (Lipinski definition) is 1. The van der Waals surface area contributed by atoms with Crippen LogP contribution in [-0.4, -0.2) is 55.4 Å². The van der Waals surface area contributed by atoms with Gasteiger partial charge in [-0.1, -0.05) is 0 Å². The van der Waals surface area contributed by atoms with Crippen LogP contribution in [0, 0.1) is 0 Å². The van der Waals surface area contributed by atoms with Crippen molar-refractivity contribution in [3.63, 3.8) is 0 Å².